The second kappa shape index (κ2) is 1.97. The van der Waals surface area contributed by atoms with Crippen LogP contribution >= 0.6 is 0 Å². The first kappa shape index (κ1) is 5.94. The Labute approximate surface area is 52.1 Å². The smallest absolute Gasteiger partial charge is 0.267 e. The van der Waals surface area contributed by atoms with Crippen LogP contribution < -0.4 is 5.56 Å². The van der Waals surface area contributed by atoms with Crippen LogP contribution in [0, 0.1) is 6.92 Å². The Morgan fingerprint density at radius 2 is 2.33 bits per heavy atom. The molecule has 0 radical (unpaired) electrons. The number of nitrogens with zero attached hydrogens (tertiary/aromatic N) is 3. The van der Waals surface area contributed by atoms with Gasteiger partial charge in [0, 0.05) is 12.6 Å². The maximum atomic E-state index is 10.8. The third-order valence-corrected chi connectivity index (χ3v) is 1.07. The third-order valence-electron chi connectivity index (χ3n) is 1.07. The van der Waals surface area contributed by atoms with E-state index in [1.54, 1.807) is 14.0 Å². The topological polar surface area (TPSA) is 47.8 Å². The fourth-order valence-electron chi connectivity index (χ4n) is 0.541. The van der Waals surface area contributed by atoms with Gasteiger partial charge in [-0.2, -0.15) is 0 Å². The second-order valence-corrected chi connectivity index (χ2v) is 1.85. The molecule has 0 saturated carbocycles. The summed E-state index contributed by atoms with van der Waals surface area (Å²) >= 11 is 0. The van der Waals surface area contributed by atoms with E-state index in [2.05, 4.69) is 10.3 Å². The first-order valence-electron chi connectivity index (χ1n) is 2.57. The molecule has 0 saturated heterocycles. The molecule has 4 nitrogen and oxygen atoms in total. The van der Waals surface area contributed by atoms with Gasteiger partial charge in [0.05, 0.1) is 6.20 Å². The molecule has 1 aromatic rings. The van der Waals surface area contributed by atoms with Crippen molar-refractivity contribution in [3.05, 3.63) is 22.1 Å². The quantitative estimate of drug-likeness (QED) is 0.469. The summed E-state index contributed by atoms with van der Waals surface area (Å²) in [4.78, 5) is 10.8. The van der Waals surface area contributed by atoms with Crippen LogP contribution in [0.3, 0.4) is 0 Å². The lowest BCUT2D eigenvalue weighted by atomic mass is 10.4. The van der Waals surface area contributed by atoms with Crippen LogP contribution in [0.15, 0.2) is 11.0 Å². The molecule has 0 aromatic carbocycles. The maximum Gasteiger partial charge on any atom is 0.272 e. The number of hydrogen-bond acceptors (Lipinski definition) is 3. The van der Waals surface area contributed by atoms with E-state index in [1.807, 2.05) is 0 Å². The van der Waals surface area contributed by atoms with Crippen molar-refractivity contribution in [1.82, 2.24) is 15.0 Å². The number of hydrogen-bond donors (Lipinski definition) is 0. The minimum absolute atomic E-state index is 0.0926. The van der Waals surface area contributed by atoms with E-state index in [1.165, 1.54) is 10.9 Å². The highest BCUT2D eigenvalue weighted by Crippen LogP contribution is 1.76. The predicted octanol–water partition coefficient (Wildman–Crippen LogP) is -0.516. The van der Waals surface area contributed by atoms with Crippen molar-refractivity contribution in [3.63, 3.8) is 0 Å². The number of rotatable bonds is 0. The van der Waals surface area contributed by atoms with Gasteiger partial charge in [-0.3, -0.25) is 4.79 Å². The van der Waals surface area contributed by atoms with Crippen molar-refractivity contribution < 1.29 is 0 Å². The van der Waals surface area contributed by atoms with Crippen molar-refractivity contribution in [1.29, 1.82) is 0 Å². The van der Waals surface area contributed by atoms with Crippen molar-refractivity contribution >= 4 is 0 Å². The molecule has 0 atom stereocenters. The summed E-state index contributed by atoms with van der Waals surface area (Å²) < 4.78 is 1.20. The average Bonchev–Trinajstić information content (AvgIpc) is 1.83. The molecule has 0 spiro atoms. The standard InChI is InChI=1S/C5H7N3O/c1-4-3-6-7-8(2)5(4)9/h3H,1-2H3. The first-order valence-corrected chi connectivity index (χ1v) is 2.57. The van der Waals surface area contributed by atoms with E-state index in [-0.39, 0.29) is 5.56 Å². The molecule has 0 unspecified atom stereocenters. The fourth-order valence-corrected chi connectivity index (χ4v) is 0.541. The molecule has 0 N–H and O–H groups in total. The Kier molecular flexibility index (Phi) is 1.30. The minimum Gasteiger partial charge on any atom is -0.267 e. The van der Waals surface area contributed by atoms with E-state index in [9.17, 15) is 4.79 Å². The minimum atomic E-state index is -0.0926. The Balaban J connectivity index is 3.43. The van der Waals surface area contributed by atoms with Crippen molar-refractivity contribution in [2.45, 2.75) is 6.92 Å². The van der Waals surface area contributed by atoms with Gasteiger partial charge in [-0.1, -0.05) is 5.21 Å². The molecule has 0 aliphatic heterocycles. The van der Waals surface area contributed by atoms with Crippen LogP contribution in [0.5, 0.6) is 0 Å². The largest absolute Gasteiger partial charge is 0.272 e. The van der Waals surface area contributed by atoms with E-state index in [4.69, 9.17) is 0 Å². The molecule has 0 aliphatic carbocycles. The van der Waals surface area contributed by atoms with Crippen LogP contribution in [0.1, 0.15) is 5.56 Å². The fraction of sp³-hybridized carbons (Fsp3) is 0.400. The van der Waals surface area contributed by atoms with E-state index in [0.29, 0.717) is 5.56 Å². The zero-order chi connectivity index (χ0) is 6.85. The summed E-state index contributed by atoms with van der Waals surface area (Å²) in [5, 5.41) is 7.05. The lowest BCUT2D eigenvalue weighted by Crippen LogP contribution is -2.22. The monoisotopic (exact) mass is 125 g/mol. The Morgan fingerprint density at radius 3 is 2.78 bits per heavy atom. The summed E-state index contributed by atoms with van der Waals surface area (Å²) in [7, 11) is 1.57. The van der Waals surface area contributed by atoms with Gasteiger partial charge in [0.25, 0.3) is 5.56 Å². The summed E-state index contributed by atoms with van der Waals surface area (Å²) in [5.74, 6) is 0. The molecular formula is C5H7N3O. The predicted molar refractivity (Wildman–Crippen MR) is 32.0 cm³/mol. The first-order chi connectivity index (χ1) is 4.22. The van der Waals surface area contributed by atoms with Gasteiger partial charge in [0.15, 0.2) is 0 Å². The highest BCUT2D eigenvalue weighted by molar-refractivity contribution is 4.97. The van der Waals surface area contributed by atoms with Gasteiger partial charge < -0.3 is 0 Å². The van der Waals surface area contributed by atoms with E-state index >= 15 is 0 Å². The lowest BCUT2D eigenvalue weighted by Gasteiger charge is -1.91. The summed E-state index contributed by atoms with van der Waals surface area (Å²) in [6, 6.07) is 0. The average molecular weight is 125 g/mol. The molecule has 1 aromatic heterocycles. The molecule has 1 rings (SSSR count). The molecular weight excluding hydrogens is 118 g/mol. The normalized spacial score (nSPS) is 9.56. The lowest BCUT2D eigenvalue weighted by molar-refractivity contribution is 0.633. The van der Waals surface area contributed by atoms with Crippen molar-refractivity contribution in [2.75, 3.05) is 0 Å². The van der Waals surface area contributed by atoms with Gasteiger partial charge in [-0.15, -0.1) is 5.10 Å². The second-order valence-electron chi connectivity index (χ2n) is 1.85. The van der Waals surface area contributed by atoms with Gasteiger partial charge in [0.1, 0.15) is 0 Å². The summed E-state index contributed by atoms with van der Waals surface area (Å²) in [6.45, 7) is 1.71. The maximum absolute atomic E-state index is 10.8. The van der Waals surface area contributed by atoms with Gasteiger partial charge in [0.2, 0.25) is 0 Å². The van der Waals surface area contributed by atoms with Crippen molar-refractivity contribution in [3.8, 4) is 0 Å². The van der Waals surface area contributed by atoms with E-state index < -0.39 is 0 Å². The summed E-state index contributed by atoms with van der Waals surface area (Å²) in [6.07, 6.45) is 1.45. The molecule has 1 heterocycles. The van der Waals surface area contributed by atoms with Crippen LogP contribution in [-0.2, 0) is 7.05 Å². The highest BCUT2D eigenvalue weighted by atomic mass is 16.1. The molecule has 48 valence electrons. The van der Waals surface area contributed by atoms with Gasteiger partial charge in [-0.05, 0) is 6.92 Å². The zero-order valence-electron chi connectivity index (χ0n) is 5.33. The Morgan fingerprint density at radius 1 is 1.67 bits per heavy atom. The molecule has 0 aliphatic rings. The van der Waals surface area contributed by atoms with E-state index in [0.717, 1.165) is 0 Å². The van der Waals surface area contributed by atoms with Gasteiger partial charge in [-0.25, -0.2) is 4.68 Å². The van der Waals surface area contributed by atoms with Crippen LogP contribution in [0.25, 0.3) is 0 Å². The number of aromatic nitrogens is 3. The molecule has 0 amide bonds. The van der Waals surface area contributed by atoms with Crippen LogP contribution in [0.4, 0.5) is 0 Å². The van der Waals surface area contributed by atoms with Crippen LogP contribution in [-0.4, -0.2) is 15.0 Å². The SMILES string of the molecule is Cc1cnnn(C)c1=O. The number of aryl methyl sites for hydroxylation is 2. The Bertz CT molecular complexity index is 242. The molecule has 0 fully saturated rings. The molecule has 9 heavy (non-hydrogen) atoms. The highest BCUT2D eigenvalue weighted by Gasteiger charge is 1.92. The zero-order valence-corrected chi connectivity index (χ0v) is 5.33. The molecule has 0 bridgehead atoms. The molecule has 4 heteroatoms. The summed E-state index contributed by atoms with van der Waals surface area (Å²) in [5.41, 5.74) is 0.525. The van der Waals surface area contributed by atoms with Gasteiger partial charge >= 0.3 is 0 Å². The third kappa shape index (κ3) is 0.960. The Hall–Kier alpha value is -1.19. The van der Waals surface area contributed by atoms with Crippen LogP contribution in [0.2, 0.25) is 0 Å². The van der Waals surface area contributed by atoms with Crippen molar-refractivity contribution in [2.24, 2.45) is 7.05 Å².